The fourth-order valence-corrected chi connectivity index (χ4v) is 2.15. The van der Waals surface area contributed by atoms with Crippen molar-refractivity contribution in [3.63, 3.8) is 0 Å². The second kappa shape index (κ2) is 6.57. The van der Waals surface area contributed by atoms with Crippen molar-refractivity contribution in [1.82, 2.24) is 0 Å². The second-order valence-corrected chi connectivity index (χ2v) is 4.82. The summed E-state index contributed by atoms with van der Waals surface area (Å²) in [6.07, 6.45) is 0. The molecule has 0 bridgehead atoms. The zero-order valence-electron chi connectivity index (χ0n) is 10.6. The van der Waals surface area contributed by atoms with Crippen molar-refractivity contribution >= 4 is 21.6 Å². The van der Waals surface area contributed by atoms with Gasteiger partial charge in [0, 0.05) is 18.3 Å². The normalized spacial score (nSPS) is 10.3. The van der Waals surface area contributed by atoms with Gasteiger partial charge in [0.25, 0.3) is 0 Å². The summed E-state index contributed by atoms with van der Waals surface area (Å²) in [7, 11) is 0. The SMILES string of the molecule is CCOc1cccc(NCc2cccc(F)c2Br)c1. The Bertz CT molecular complexity index is 560. The molecule has 0 aromatic heterocycles. The molecular formula is C15H15BrFNO. The lowest BCUT2D eigenvalue weighted by Crippen LogP contribution is -2.01. The highest BCUT2D eigenvalue weighted by atomic mass is 79.9. The Morgan fingerprint density at radius 2 is 2.00 bits per heavy atom. The van der Waals surface area contributed by atoms with Crippen LogP contribution >= 0.6 is 15.9 Å². The van der Waals surface area contributed by atoms with Crippen molar-refractivity contribution in [1.29, 1.82) is 0 Å². The first-order chi connectivity index (χ1) is 9.20. The van der Waals surface area contributed by atoms with E-state index in [9.17, 15) is 4.39 Å². The molecule has 19 heavy (non-hydrogen) atoms. The number of hydrogen-bond acceptors (Lipinski definition) is 2. The van der Waals surface area contributed by atoms with Gasteiger partial charge in [0.05, 0.1) is 11.1 Å². The first kappa shape index (κ1) is 13.9. The molecule has 2 rings (SSSR count). The zero-order chi connectivity index (χ0) is 13.7. The average molecular weight is 324 g/mol. The zero-order valence-corrected chi connectivity index (χ0v) is 12.2. The Balaban J connectivity index is 2.06. The van der Waals surface area contributed by atoms with Crippen LogP contribution in [0.2, 0.25) is 0 Å². The summed E-state index contributed by atoms with van der Waals surface area (Å²) in [5.41, 5.74) is 1.82. The Morgan fingerprint density at radius 3 is 2.79 bits per heavy atom. The molecule has 0 aliphatic carbocycles. The van der Waals surface area contributed by atoms with Gasteiger partial charge in [-0.2, -0.15) is 0 Å². The van der Waals surface area contributed by atoms with Crippen molar-refractivity contribution in [3.8, 4) is 5.75 Å². The highest BCUT2D eigenvalue weighted by Gasteiger charge is 2.04. The van der Waals surface area contributed by atoms with Gasteiger partial charge < -0.3 is 10.1 Å². The molecule has 0 radical (unpaired) electrons. The minimum Gasteiger partial charge on any atom is -0.494 e. The van der Waals surface area contributed by atoms with Crippen LogP contribution in [-0.4, -0.2) is 6.61 Å². The third-order valence-corrected chi connectivity index (χ3v) is 3.55. The van der Waals surface area contributed by atoms with Gasteiger partial charge in [-0.3, -0.25) is 0 Å². The third-order valence-electron chi connectivity index (χ3n) is 2.66. The lowest BCUT2D eigenvalue weighted by Gasteiger charge is -2.10. The van der Waals surface area contributed by atoms with Crippen LogP contribution in [0.15, 0.2) is 46.9 Å². The lowest BCUT2D eigenvalue weighted by atomic mass is 10.2. The van der Waals surface area contributed by atoms with Gasteiger partial charge in [-0.05, 0) is 46.6 Å². The van der Waals surface area contributed by atoms with Crippen LogP contribution in [0.1, 0.15) is 12.5 Å². The smallest absolute Gasteiger partial charge is 0.137 e. The predicted octanol–water partition coefficient (Wildman–Crippen LogP) is 4.60. The Kier molecular flexibility index (Phi) is 4.80. The molecule has 0 saturated carbocycles. The summed E-state index contributed by atoms with van der Waals surface area (Å²) in [5, 5.41) is 3.25. The number of halogens is 2. The summed E-state index contributed by atoms with van der Waals surface area (Å²) in [6, 6.07) is 12.7. The number of nitrogens with one attached hydrogen (secondary N) is 1. The fraction of sp³-hybridized carbons (Fsp3) is 0.200. The molecule has 2 aromatic rings. The molecule has 0 saturated heterocycles. The van der Waals surface area contributed by atoms with Crippen molar-refractivity contribution in [2.24, 2.45) is 0 Å². The third kappa shape index (κ3) is 3.70. The van der Waals surface area contributed by atoms with Crippen LogP contribution in [0.3, 0.4) is 0 Å². The van der Waals surface area contributed by atoms with E-state index in [1.165, 1.54) is 6.07 Å². The van der Waals surface area contributed by atoms with E-state index in [0.717, 1.165) is 17.0 Å². The van der Waals surface area contributed by atoms with E-state index in [-0.39, 0.29) is 5.82 Å². The van der Waals surface area contributed by atoms with Crippen LogP contribution in [0.25, 0.3) is 0 Å². The molecule has 0 heterocycles. The van der Waals surface area contributed by atoms with Gasteiger partial charge in [0.1, 0.15) is 11.6 Å². The van der Waals surface area contributed by atoms with Crippen LogP contribution in [0, 0.1) is 5.82 Å². The van der Waals surface area contributed by atoms with E-state index in [2.05, 4.69) is 21.2 Å². The standard InChI is InChI=1S/C15H15BrFNO/c1-2-19-13-7-4-6-12(9-13)18-10-11-5-3-8-14(17)15(11)16/h3-9,18H,2,10H2,1H3. The van der Waals surface area contributed by atoms with Gasteiger partial charge in [0.15, 0.2) is 0 Å². The van der Waals surface area contributed by atoms with Crippen LogP contribution in [-0.2, 0) is 6.54 Å². The first-order valence-corrected chi connectivity index (χ1v) is 6.89. The fourth-order valence-electron chi connectivity index (χ4n) is 1.74. The number of anilines is 1. The van der Waals surface area contributed by atoms with Gasteiger partial charge in [-0.1, -0.05) is 18.2 Å². The highest BCUT2D eigenvalue weighted by Crippen LogP contribution is 2.22. The van der Waals surface area contributed by atoms with E-state index in [1.54, 1.807) is 6.07 Å². The molecule has 0 fully saturated rings. The second-order valence-electron chi connectivity index (χ2n) is 4.03. The van der Waals surface area contributed by atoms with Crippen molar-refractivity contribution in [3.05, 3.63) is 58.3 Å². The van der Waals surface area contributed by atoms with Gasteiger partial charge in [-0.15, -0.1) is 0 Å². The first-order valence-electron chi connectivity index (χ1n) is 6.10. The Morgan fingerprint density at radius 1 is 1.21 bits per heavy atom. The van der Waals surface area contributed by atoms with E-state index < -0.39 is 0 Å². The number of rotatable bonds is 5. The van der Waals surface area contributed by atoms with Gasteiger partial charge >= 0.3 is 0 Å². The maximum Gasteiger partial charge on any atom is 0.137 e. The van der Waals surface area contributed by atoms with E-state index in [1.807, 2.05) is 37.3 Å². The van der Waals surface area contributed by atoms with Crippen LogP contribution < -0.4 is 10.1 Å². The van der Waals surface area contributed by atoms with E-state index >= 15 is 0 Å². The van der Waals surface area contributed by atoms with E-state index in [0.29, 0.717) is 17.6 Å². The topological polar surface area (TPSA) is 21.3 Å². The molecule has 1 N–H and O–H groups in total. The molecule has 0 aliphatic heterocycles. The summed E-state index contributed by atoms with van der Waals surface area (Å²) in [5.74, 6) is 0.577. The van der Waals surface area contributed by atoms with Crippen LogP contribution in [0.5, 0.6) is 5.75 Å². The van der Waals surface area contributed by atoms with Gasteiger partial charge in [0.2, 0.25) is 0 Å². The highest BCUT2D eigenvalue weighted by molar-refractivity contribution is 9.10. The largest absolute Gasteiger partial charge is 0.494 e. The Labute approximate surface area is 120 Å². The molecule has 4 heteroatoms. The maximum atomic E-state index is 13.4. The maximum absolute atomic E-state index is 13.4. The molecule has 2 aromatic carbocycles. The van der Waals surface area contributed by atoms with Crippen LogP contribution in [0.4, 0.5) is 10.1 Å². The molecule has 0 amide bonds. The Hall–Kier alpha value is -1.55. The number of hydrogen-bond donors (Lipinski definition) is 1. The molecule has 2 nitrogen and oxygen atoms in total. The summed E-state index contributed by atoms with van der Waals surface area (Å²) >= 11 is 3.25. The predicted molar refractivity (Wildman–Crippen MR) is 79.0 cm³/mol. The van der Waals surface area contributed by atoms with Crippen molar-refractivity contribution < 1.29 is 9.13 Å². The molecular weight excluding hydrogens is 309 g/mol. The minimum atomic E-state index is -0.248. The number of ether oxygens (including phenoxy) is 1. The average Bonchev–Trinajstić information content (AvgIpc) is 2.41. The molecule has 100 valence electrons. The van der Waals surface area contributed by atoms with Crippen molar-refractivity contribution in [2.75, 3.05) is 11.9 Å². The molecule has 0 atom stereocenters. The summed E-state index contributed by atoms with van der Waals surface area (Å²) < 4.78 is 19.3. The lowest BCUT2D eigenvalue weighted by molar-refractivity contribution is 0.340. The number of benzene rings is 2. The molecule has 0 aliphatic rings. The summed E-state index contributed by atoms with van der Waals surface area (Å²) in [6.45, 7) is 3.14. The molecule has 0 unspecified atom stereocenters. The van der Waals surface area contributed by atoms with Gasteiger partial charge in [-0.25, -0.2) is 4.39 Å². The minimum absolute atomic E-state index is 0.248. The summed E-state index contributed by atoms with van der Waals surface area (Å²) in [4.78, 5) is 0. The van der Waals surface area contributed by atoms with Crippen molar-refractivity contribution in [2.45, 2.75) is 13.5 Å². The van der Waals surface area contributed by atoms with E-state index in [4.69, 9.17) is 4.74 Å². The quantitative estimate of drug-likeness (QED) is 0.868. The monoisotopic (exact) mass is 323 g/mol. The molecule has 0 spiro atoms.